The average molecular weight is 517 g/mol. The summed E-state index contributed by atoms with van der Waals surface area (Å²) >= 11 is 1.36. The number of likely N-dealkylation sites (tertiary alicyclic amines) is 1. The van der Waals surface area contributed by atoms with Crippen molar-refractivity contribution >= 4 is 50.2 Å². The van der Waals surface area contributed by atoms with Crippen molar-refractivity contribution in [2.45, 2.75) is 59.4 Å². The third-order valence-electron chi connectivity index (χ3n) is 6.29. The highest BCUT2D eigenvalue weighted by molar-refractivity contribution is 7.23. The van der Waals surface area contributed by atoms with E-state index < -0.39 is 5.41 Å². The predicted molar refractivity (Wildman–Crippen MR) is 141 cm³/mol. The number of nitrogens with one attached hydrogen (secondary N) is 3. The number of rotatable bonds is 9. The van der Waals surface area contributed by atoms with Crippen LogP contribution in [0, 0.1) is 5.41 Å². The lowest BCUT2D eigenvalue weighted by molar-refractivity contribution is -0.147. The van der Waals surface area contributed by atoms with E-state index in [4.69, 9.17) is 4.74 Å². The molecule has 0 unspecified atom stereocenters. The number of amides is 4. The topological polar surface area (TPSA) is 117 Å². The van der Waals surface area contributed by atoms with E-state index in [0.717, 1.165) is 10.1 Å². The monoisotopic (exact) mass is 516 g/mol. The van der Waals surface area contributed by atoms with E-state index in [1.54, 1.807) is 11.8 Å². The Labute approximate surface area is 215 Å². The summed E-state index contributed by atoms with van der Waals surface area (Å²) in [5.74, 6) is -0.603. The van der Waals surface area contributed by atoms with Crippen LogP contribution in [0.3, 0.4) is 0 Å². The van der Waals surface area contributed by atoms with Gasteiger partial charge in [-0.2, -0.15) is 0 Å². The van der Waals surface area contributed by atoms with Crippen LogP contribution in [-0.4, -0.2) is 61.0 Å². The lowest BCUT2D eigenvalue weighted by atomic mass is 9.72. The SMILES string of the molecule is CCNC(=O)Nc1sc2ccccc2c1C(=O)N1CCC(CC(=O)NC(C)C)(CC(=O)OCC)CC1. The number of nitrogens with zero attached hydrogens (tertiary/aromatic N) is 1. The second kappa shape index (κ2) is 12.2. The van der Waals surface area contributed by atoms with E-state index in [1.807, 2.05) is 45.0 Å². The molecule has 0 bridgehead atoms. The normalized spacial score (nSPS) is 15.0. The van der Waals surface area contributed by atoms with Crippen LogP contribution < -0.4 is 16.0 Å². The Morgan fingerprint density at radius 3 is 2.42 bits per heavy atom. The van der Waals surface area contributed by atoms with Crippen LogP contribution in [0.2, 0.25) is 0 Å². The molecule has 2 aromatic rings. The zero-order valence-electron chi connectivity index (χ0n) is 21.4. The largest absolute Gasteiger partial charge is 0.466 e. The van der Waals surface area contributed by atoms with E-state index >= 15 is 0 Å². The van der Waals surface area contributed by atoms with Crippen molar-refractivity contribution in [1.29, 1.82) is 0 Å². The fraction of sp³-hybridized carbons (Fsp3) is 0.538. The molecule has 196 valence electrons. The fourth-order valence-corrected chi connectivity index (χ4v) is 5.73. The Morgan fingerprint density at radius 2 is 1.78 bits per heavy atom. The maximum Gasteiger partial charge on any atom is 0.319 e. The molecule has 0 atom stereocenters. The number of hydrogen-bond acceptors (Lipinski definition) is 6. The minimum absolute atomic E-state index is 0.00140. The van der Waals surface area contributed by atoms with Crippen molar-refractivity contribution in [2.75, 3.05) is 31.6 Å². The van der Waals surface area contributed by atoms with Gasteiger partial charge in [0.15, 0.2) is 0 Å². The molecular weight excluding hydrogens is 480 g/mol. The summed E-state index contributed by atoms with van der Waals surface area (Å²) < 4.78 is 6.10. The van der Waals surface area contributed by atoms with Gasteiger partial charge in [-0.3, -0.25) is 19.7 Å². The van der Waals surface area contributed by atoms with Crippen molar-refractivity contribution in [3.8, 4) is 0 Å². The first kappa shape index (κ1) is 27.4. The molecule has 0 saturated carbocycles. The van der Waals surface area contributed by atoms with Crippen LogP contribution in [0.15, 0.2) is 24.3 Å². The second-order valence-electron chi connectivity index (χ2n) is 9.46. The van der Waals surface area contributed by atoms with Crippen LogP contribution in [0.1, 0.15) is 63.7 Å². The molecule has 1 aliphatic rings. The van der Waals surface area contributed by atoms with Crippen LogP contribution in [0.4, 0.5) is 9.80 Å². The van der Waals surface area contributed by atoms with E-state index in [2.05, 4.69) is 16.0 Å². The molecule has 10 heteroatoms. The molecule has 4 amide bonds. The molecule has 1 fully saturated rings. The highest BCUT2D eigenvalue weighted by Crippen LogP contribution is 2.41. The van der Waals surface area contributed by atoms with Crippen LogP contribution in [0.5, 0.6) is 0 Å². The number of thiophene rings is 1. The van der Waals surface area contributed by atoms with Crippen molar-refractivity contribution in [2.24, 2.45) is 5.41 Å². The number of anilines is 1. The molecule has 1 aromatic heterocycles. The number of benzene rings is 1. The summed E-state index contributed by atoms with van der Waals surface area (Å²) in [6, 6.07) is 7.22. The third-order valence-corrected chi connectivity index (χ3v) is 7.38. The highest BCUT2D eigenvalue weighted by Gasteiger charge is 2.40. The van der Waals surface area contributed by atoms with E-state index in [0.29, 0.717) is 43.0 Å². The van der Waals surface area contributed by atoms with Gasteiger partial charge in [-0.1, -0.05) is 18.2 Å². The lowest BCUT2D eigenvalue weighted by Crippen LogP contribution is -2.46. The Morgan fingerprint density at radius 1 is 1.08 bits per heavy atom. The van der Waals surface area contributed by atoms with Crippen molar-refractivity contribution in [3.05, 3.63) is 29.8 Å². The van der Waals surface area contributed by atoms with Gasteiger partial charge < -0.3 is 20.3 Å². The van der Waals surface area contributed by atoms with Gasteiger partial charge in [-0.05, 0) is 52.0 Å². The quantitative estimate of drug-likeness (QED) is 0.433. The van der Waals surface area contributed by atoms with Crippen LogP contribution in [0.25, 0.3) is 10.1 Å². The zero-order chi connectivity index (χ0) is 26.3. The number of fused-ring (bicyclic) bond motifs is 1. The molecule has 3 rings (SSSR count). The summed E-state index contributed by atoms with van der Waals surface area (Å²) in [6.45, 7) is 8.94. The molecular formula is C26H36N4O5S. The summed E-state index contributed by atoms with van der Waals surface area (Å²) in [4.78, 5) is 52.7. The molecule has 36 heavy (non-hydrogen) atoms. The molecule has 1 aromatic carbocycles. The number of ether oxygens (including phenoxy) is 1. The average Bonchev–Trinajstić information content (AvgIpc) is 3.16. The van der Waals surface area contributed by atoms with Gasteiger partial charge in [0.05, 0.1) is 18.6 Å². The van der Waals surface area contributed by atoms with E-state index in [-0.39, 0.29) is 49.3 Å². The molecule has 0 radical (unpaired) electrons. The van der Waals surface area contributed by atoms with E-state index in [9.17, 15) is 19.2 Å². The van der Waals surface area contributed by atoms with Crippen LogP contribution >= 0.6 is 11.3 Å². The van der Waals surface area contributed by atoms with Gasteiger partial charge in [-0.15, -0.1) is 11.3 Å². The minimum atomic E-state index is -0.569. The number of urea groups is 1. The molecule has 1 aliphatic heterocycles. The van der Waals surface area contributed by atoms with Gasteiger partial charge in [0.2, 0.25) is 5.91 Å². The standard InChI is InChI=1S/C26H36N4O5S/c1-5-27-25(34)29-23-22(18-9-7-8-10-19(18)36-23)24(33)30-13-11-26(12-14-30,16-21(32)35-6-2)15-20(31)28-17(3)4/h7-10,17H,5-6,11-16H2,1-4H3,(H,28,31)(H2,27,29,34). The van der Waals surface area contributed by atoms with Crippen molar-refractivity contribution in [1.82, 2.24) is 15.5 Å². The predicted octanol–water partition coefficient (Wildman–Crippen LogP) is 4.13. The Balaban J connectivity index is 1.82. The van der Waals surface area contributed by atoms with Gasteiger partial charge in [0.25, 0.3) is 5.91 Å². The number of esters is 1. The number of carbonyl (C=O) groups is 4. The summed E-state index contributed by atoms with van der Waals surface area (Å²) in [6.07, 6.45) is 1.35. The Kier molecular flexibility index (Phi) is 9.31. The van der Waals surface area contributed by atoms with Gasteiger partial charge in [-0.25, -0.2) is 4.79 Å². The second-order valence-corrected chi connectivity index (χ2v) is 10.5. The fourth-order valence-electron chi connectivity index (χ4n) is 4.64. The highest BCUT2D eigenvalue weighted by atomic mass is 32.1. The lowest BCUT2D eigenvalue weighted by Gasteiger charge is -2.41. The van der Waals surface area contributed by atoms with Gasteiger partial charge in [0.1, 0.15) is 5.00 Å². The molecule has 0 aliphatic carbocycles. The summed E-state index contributed by atoms with van der Waals surface area (Å²) in [5, 5.41) is 9.75. The first-order valence-corrected chi connectivity index (χ1v) is 13.3. The zero-order valence-corrected chi connectivity index (χ0v) is 22.3. The molecule has 9 nitrogen and oxygen atoms in total. The molecule has 3 N–H and O–H groups in total. The summed E-state index contributed by atoms with van der Waals surface area (Å²) in [7, 11) is 0. The minimum Gasteiger partial charge on any atom is -0.466 e. The Hall–Kier alpha value is -3.14. The smallest absolute Gasteiger partial charge is 0.319 e. The Bertz CT molecular complexity index is 1100. The third kappa shape index (κ3) is 6.75. The van der Waals surface area contributed by atoms with Gasteiger partial charge in [0, 0.05) is 42.2 Å². The van der Waals surface area contributed by atoms with Crippen molar-refractivity contribution < 1.29 is 23.9 Å². The van der Waals surface area contributed by atoms with Crippen LogP contribution in [-0.2, 0) is 14.3 Å². The molecule has 1 saturated heterocycles. The van der Waals surface area contributed by atoms with Crippen molar-refractivity contribution in [3.63, 3.8) is 0 Å². The number of carbonyl (C=O) groups excluding carboxylic acids is 4. The maximum absolute atomic E-state index is 13.7. The first-order valence-electron chi connectivity index (χ1n) is 12.5. The number of piperidine rings is 1. The first-order chi connectivity index (χ1) is 17.2. The summed E-state index contributed by atoms with van der Waals surface area (Å²) in [5.41, 5.74) is -0.0989. The molecule has 0 spiro atoms. The maximum atomic E-state index is 13.7. The molecule has 2 heterocycles. The number of hydrogen-bond donors (Lipinski definition) is 3. The van der Waals surface area contributed by atoms with Gasteiger partial charge >= 0.3 is 12.0 Å². The van der Waals surface area contributed by atoms with E-state index in [1.165, 1.54) is 11.3 Å².